The van der Waals surface area contributed by atoms with Gasteiger partial charge in [-0.1, -0.05) is 25.0 Å². The number of halogens is 1. The van der Waals surface area contributed by atoms with Gasteiger partial charge in [-0.2, -0.15) is 0 Å². The molecule has 1 aliphatic carbocycles. The van der Waals surface area contributed by atoms with Crippen molar-refractivity contribution in [2.45, 2.75) is 44.6 Å². The molecule has 0 aromatic heterocycles. The maximum atomic E-state index is 14.0. The highest BCUT2D eigenvalue weighted by Crippen LogP contribution is 2.39. The van der Waals surface area contributed by atoms with E-state index < -0.39 is 11.9 Å². The summed E-state index contributed by atoms with van der Waals surface area (Å²) in [4.78, 5) is 25.5. The molecule has 0 radical (unpaired) electrons. The van der Waals surface area contributed by atoms with Gasteiger partial charge in [0.1, 0.15) is 5.82 Å². The number of hydrogen-bond donors (Lipinski definition) is 1. The van der Waals surface area contributed by atoms with Crippen LogP contribution in [-0.4, -0.2) is 24.0 Å². The molecular formula is C19H23FN2O3. The maximum absolute atomic E-state index is 14.0. The number of allylic oxidation sites excluding steroid dienone is 1. The van der Waals surface area contributed by atoms with Gasteiger partial charge in [-0.15, -0.1) is 0 Å². The van der Waals surface area contributed by atoms with Crippen molar-refractivity contribution in [3.8, 4) is 0 Å². The molecule has 25 heavy (non-hydrogen) atoms. The number of nitrogens with one attached hydrogen (secondary N) is 1. The molecule has 1 N–H and O–H groups in total. The van der Waals surface area contributed by atoms with E-state index in [1.807, 2.05) is 12.3 Å². The minimum atomic E-state index is -0.723. The SMILES string of the molecule is COC(=O)Nc1cc(C(CCC2CC2)N2C=CCCC2=O)ccc1F. The lowest BCUT2D eigenvalue weighted by Crippen LogP contribution is -2.32. The van der Waals surface area contributed by atoms with Gasteiger partial charge in [0.05, 0.1) is 18.8 Å². The molecule has 1 heterocycles. The van der Waals surface area contributed by atoms with Crippen LogP contribution >= 0.6 is 0 Å². The zero-order valence-electron chi connectivity index (χ0n) is 14.3. The fourth-order valence-corrected chi connectivity index (χ4v) is 3.16. The summed E-state index contributed by atoms with van der Waals surface area (Å²) in [6.07, 6.45) is 8.70. The normalized spacial score (nSPS) is 18.2. The van der Waals surface area contributed by atoms with E-state index in [9.17, 15) is 14.0 Å². The minimum Gasteiger partial charge on any atom is -0.453 e. The second-order valence-corrected chi connectivity index (χ2v) is 6.62. The molecule has 3 rings (SSSR count). The summed E-state index contributed by atoms with van der Waals surface area (Å²) < 4.78 is 18.5. The van der Waals surface area contributed by atoms with Crippen LogP contribution in [-0.2, 0) is 9.53 Å². The number of methoxy groups -OCH3 is 1. The van der Waals surface area contributed by atoms with Crippen LogP contribution in [0.5, 0.6) is 0 Å². The molecule has 1 aromatic rings. The Bertz CT molecular complexity index is 685. The Labute approximate surface area is 146 Å². The van der Waals surface area contributed by atoms with Gasteiger partial charge in [0.25, 0.3) is 0 Å². The Morgan fingerprint density at radius 3 is 2.92 bits per heavy atom. The molecule has 2 amide bonds. The van der Waals surface area contributed by atoms with Gasteiger partial charge in [0.2, 0.25) is 5.91 Å². The van der Waals surface area contributed by atoms with Crippen LogP contribution in [0.2, 0.25) is 0 Å². The van der Waals surface area contributed by atoms with Gasteiger partial charge >= 0.3 is 6.09 Å². The summed E-state index contributed by atoms with van der Waals surface area (Å²) in [5, 5.41) is 2.39. The molecule has 1 aromatic carbocycles. The smallest absolute Gasteiger partial charge is 0.411 e. The van der Waals surface area contributed by atoms with Crippen molar-refractivity contribution in [2.75, 3.05) is 12.4 Å². The van der Waals surface area contributed by atoms with E-state index in [-0.39, 0.29) is 17.6 Å². The van der Waals surface area contributed by atoms with Crippen LogP contribution < -0.4 is 5.32 Å². The van der Waals surface area contributed by atoms with Crippen LogP contribution in [0.15, 0.2) is 30.5 Å². The number of nitrogens with zero attached hydrogens (tertiary/aromatic N) is 1. The van der Waals surface area contributed by atoms with E-state index in [4.69, 9.17) is 0 Å². The molecule has 5 nitrogen and oxygen atoms in total. The first kappa shape index (κ1) is 17.5. The highest BCUT2D eigenvalue weighted by atomic mass is 19.1. The van der Waals surface area contributed by atoms with Gasteiger partial charge in [-0.05, 0) is 42.9 Å². The molecule has 1 aliphatic heterocycles. The van der Waals surface area contributed by atoms with Crippen LogP contribution in [0.25, 0.3) is 0 Å². The summed E-state index contributed by atoms with van der Waals surface area (Å²) in [5.74, 6) is 0.283. The van der Waals surface area contributed by atoms with Crippen LogP contribution in [0.1, 0.15) is 50.1 Å². The number of hydrogen-bond acceptors (Lipinski definition) is 3. The lowest BCUT2D eigenvalue weighted by molar-refractivity contribution is -0.131. The second kappa shape index (κ2) is 7.68. The van der Waals surface area contributed by atoms with Crippen molar-refractivity contribution >= 4 is 17.7 Å². The summed E-state index contributed by atoms with van der Waals surface area (Å²) in [6.45, 7) is 0. The highest BCUT2D eigenvalue weighted by Gasteiger charge is 2.29. The quantitative estimate of drug-likeness (QED) is 0.832. The monoisotopic (exact) mass is 346 g/mol. The van der Waals surface area contributed by atoms with E-state index in [2.05, 4.69) is 10.1 Å². The first-order chi connectivity index (χ1) is 12.1. The Hall–Kier alpha value is -2.37. The number of benzene rings is 1. The second-order valence-electron chi connectivity index (χ2n) is 6.62. The number of carbonyl (C=O) groups is 2. The number of amides is 2. The standard InChI is InChI=1S/C19H23FN2O3/c1-25-19(24)21-16-12-14(8-9-15(16)20)17(10-7-13-5-6-13)22-11-3-2-4-18(22)23/h3,8-9,11-13,17H,2,4-7,10H2,1H3,(H,21,24). The third kappa shape index (κ3) is 4.38. The largest absolute Gasteiger partial charge is 0.453 e. The predicted octanol–water partition coefficient (Wildman–Crippen LogP) is 4.37. The minimum absolute atomic E-state index is 0.0641. The molecule has 0 saturated heterocycles. The van der Waals surface area contributed by atoms with E-state index >= 15 is 0 Å². The Morgan fingerprint density at radius 2 is 2.24 bits per heavy atom. The zero-order chi connectivity index (χ0) is 17.8. The average molecular weight is 346 g/mol. The van der Waals surface area contributed by atoms with Crippen LogP contribution in [0.4, 0.5) is 14.9 Å². The van der Waals surface area contributed by atoms with Crippen molar-refractivity contribution in [2.24, 2.45) is 5.92 Å². The molecule has 1 unspecified atom stereocenters. The fraction of sp³-hybridized carbons (Fsp3) is 0.474. The lowest BCUT2D eigenvalue weighted by atomic mass is 9.97. The summed E-state index contributed by atoms with van der Waals surface area (Å²) >= 11 is 0. The summed E-state index contributed by atoms with van der Waals surface area (Å²) in [5.41, 5.74) is 0.877. The van der Waals surface area contributed by atoms with Gasteiger partial charge < -0.3 is 9.64 Å². The first-order valence-corrected chi connectivity index (χ1v) is 8.70. The van der Waals surface area contributed by atoms with Crippen molar-refractivity contribution < 1.29 is 18.7 Å². The molecule has 0 spiro atoms. The first-order valence-electron chi connectivity index (χ1n) is 8.70. The number of rotatable bonds is 6. The molecule has 6 heteroatoms. The van der Waals surface area contributed by atoms with Gasteiger partial charge in [-0.3, -0.25) is 10.1 Å². The van der Waals surface area contributed by atoms with Crippen LogP contribution in [0.3, 0.4) is 0 Å². The third-order valence-electron chi connectivity index (χ3n) is 4.76. The maximum Gasteiger partial charge on any atom is 0.411 e. The van der Waals surface area contributed by atoms with Crippen molar-refractivity contribution in [1.82, 2.24) is 4.90 Å². The summed E-state index contributed by atoms with van der Waals surface area (Å²) in [6, 6.07) is 4.46. The Kier molecular flexibility index (Phi) is 5.36. The summed E-state index contributed by atoms with van der Waals surface area (Å²) in [7, 11) is 1.23. The molecule has 1 fully saturated rings. The molecule has 0 bridgehead atoms. The number of anilines is 1. The topological polar surface area (TPSA) is 58.6 Å². The van der Waals surface area contributed by atoms with E-state index in [1.54, 1.807) is 17.0 Å². The molecule has 134 valence electrons. The lowest BCUT2D eigenvalue weighted by Gasteiger charge is -2.32. The van der Waals surface area contributed by atoms with Crippen LogP contribution in [0, 0.1) is 11.7 Å². The van der Waals surface area contributed by atoms with E-state index in [0.717, 1.165) is 30.7 Å². The molecule has 2 aliphatic rings. The predicted molar refractivity (Wildman–Crippen MR) is 92.3 cm³/mol. The average Bonchev–Trinajstić information content (AvgIpc) is 3.43. The van der Waals surface area contributed by atoms with Gasteiger partial charge in [0.15, 0.2) is 0 Å². The zero-order valence-corrected chi connectivity index (χ0v) is 14.3. The third-order valence-corrected chi connectivity index (χ3v) is 4.76. The van der Waals surface area contributed by atoms with Gasteiger partial charge in [0, 0.05) is 12.6 Å². The Morgan fingerprint density at radius 1 is 1.44 bits per heavy atom. The number of ether oxygens (including phenoxy) is 1. The van der Waals surface area contributed by atoms with Crippen molar-refractivity contribution in [3.63, 3.8) is 0 Å². The van der Waals surface area contributed by atoms with Crippen molar-refractivity contribution in [3.05, 3.63) is 41.9 Å². The van der Waals surface area contributed by atoms with Crippen molar-refractivity contribution in [1.29, 1.82) is 0 Å². The highest BCUT2D eigenvalue weighted by molar-refractivity contribution is 5.85. The molecular weight excluding hydrogens is 323 g/mol. The van der Waals surface area contributed by atoms with Gasteiger partial charge in [-0.25, -0.2) is 9.18 Å². The van der Waals surface area contributed by atoms with E-state index in [0.29, 0.717) is 6.42 Å². The Balaban J connectivity index is 1.87. The molecule has 1 saturated carbocycles. The van der Waals surface area contributed by atoms with E-state index in [1.165, 1.54) is 26.0 Å². The molecule has 1 atom stereocenters. The number of carbonyl (C=O) groups excluding carboxylic acids is 2. The fourth-order valence-electron chi connectivity index (χ4n) is 3.16.